The number of aromatic nitrogens is 7. The number of benzene rings is 1. The monoisotopic (exact) mass is 493 g/mol. The number of rotatable bonds is 7. The van der Waals surface area contributed by atoms with Gasteiger partial charge in [0.25, 0.3) is 0 Å². The first-order chi connectivity index (χ1) is 18.0. The molecular weight excluding hydrogens is 469 g/mol. The molecular formula is C27H24FN9. The molecule has 0 atom stereocenters. The molecule has 0 spiro atoms. The summed E-state index contributed by atoms with van der Waals surface area (Å²) in [5.74, 6) is 0.238. The first kappa shape index (κ1) is 22.7. The molecule has 0 aliphatic rings. The summed E-state index contributed by atoms with van der Waals surface area (Å²) in [6.45, 7) is 1.53. The van der Waals surface area contributed by atoms with Crippen molar-refractivity contribution in [2.75, 3.05) is 32.5 Å². The Morgan fingerprint density at radius 2 is 1.84 bits per heavy atom. The first-order valence-corrected chi connectivity index (χ1v) is 11.9. The maximum Gasteiger partial charge on any atom is 0.159 e. The molecule has 0 bridgehead atoms. The van der Waals surface area contributed by atoms with Crippen LogP contribution in [0.3, 0.4) is 0 Å². The number of hydrogen-bond donors (Lipinski definition) is 3. The number of nitrogens with zero attached hydrogens (tertiary/aromatic N) is 6. The summed E-state index contributed by atoms with van der Waals surface area (Å²) in [6.07, 6.45) is 5.17. The van der Waals surface area contributed by atoms with Gasteiger partial charge < -0.3 is 15.2 Å². The lowest BCUT2D eigenvalue weighted by Crippen LogP contribution is -2.20. The molecule has 0 aliphatic carbocycles. The Bertz CT molecular complexity index is 1710. The van der Waals surface area contributed by atoms with Crippen molar-refractivity contribution in [3.05, 3.63) is 72.9 Å². The van der Waals surface area contributed by atoms with E-state index in [0.717, 1.165) is 34.4 Å². The van der Waals surface area contributed by atoms with Gasteiger partial charge in [-0.25, -0.2) is 9.37 Å². The Labute approximate surface area is 211 Å². The van der Waals surface area contributed by atoms with Gasteiger partial charge in [0.15, 0.2) is 5.82 Å². The molecule has 37 heavy (non-hydrogen) atoms. The molecule has 0 fully saturated rings. The second-order valence-electron chi connectivity index (χ2n) is 9.00. The van der Waals surface area contributed by atoms with Gasteiger partial charge in [0, 0.05) is 42.1 Å². The number of hydrogen-bond acceptors (Lipinski definition) is 7. The third-order valence-corrected chi connectivity index (χ3v) is 6.06. The Hall–Kier alpha value is -4.70. The predicted molar refractivity (Wildman–Crippen MR) is 142 cm³/mol. The van der Waals surface area contributed by atoms with Crippen LogP contribution in [0.4, 0.5) is 10.1 Å². The number of imidazole rings is 1. The van der Waals surface area contributed by atoms with Crippen molar-refractivity contribution in [2.24, 2.45) is 0 Å². The number of nitrogens with one attached hydrogen (secondary N) is 3. The molecule has 0 aliphatic heterocycles. The van der Waals surface area contributed by atoms with Gasteiger partial charge in [-0.05, 0) is 56.6 Å². The average molecular weight is 494 g/mol. The molecule has 6 aromatic rings. The molecule has 1 aromatic carbocycles. The van der Waals surface area contributed by atoms with Crippen molar-refractivity contribution in [3.63, 3.8) is 0 Å². The van der Waals surface area contributed by atoms with Crippen LogP contribution in [-0.2, 0) is 0 Å². The molecule has 184 valence electrons. The predicted octanol–water partition coefficient (Wildman–Crippen LogP) is 4.74. The smallest absolute Gasteiger partial charge is 0.159 e. The standard InChI is InChI=1S/C27H24FN9/c1-37(2)10-9-29-18-12-16(11-17(28)13-18)24-26-21(6-8-31-24)33-27(34-26)25-19-14-22(20-5-3-4-7-30-20)32-15-23(19)35-36-25/h3-8,11-15,29H,9-10H2,1-2H3,(H,33,34)(H,35,36). The molecule has 0 saturated heterocycles. The summed E-state index contributed by atoms with van der Waals surface area (Å²) in [7, 11) is 3.99. The van der Waals surface area contributed by atoms with Crippen LogP contribution >= 0.6 is 0 Å². The van der Waals surface area contributed by atoms with Crippen LogP contribution in [0.25, 0.3) is 56.1 Å². The highest BCUT2D eigenvalue weighted by molar-refractivity contribution is 5.96. The van der Waals surface area contributed by atoms with E-state index in [1.54, 1.807) is 18.6 Å². The highest BCUT2D eigenvalue weighted by Crippen LogP contribution is 2.32. The van der Waals surface area contributed by atoms with Crippen molar-refractivity contribution in [3.8, 4) is 34.2 Å². The van der Waals surface area contributed by atoms with Gasteiger partial charge in [0.2, 0.25) is 0 Å². The van der Waals surface area contributed by atoms with Crippen molar-refractivity contribution in [2.45, 2.75) is 0 Å². The van der Waals surface area contributed by atoms with Crippen molar-refractivity contribution in [1.29, 1.82) is 0 Å². The zero-order valence-electron chi connectivity index (χ0n) is 20.3. The third-order valence-electron chi connectivity index (χ3n) is 6.06. The van der Waals surface area contributed by atoms with Crippen LogP contribution in [0.5, 0.6) is 0 Å². The maximum absolute atomic E-state index is 14.5. The lowest BCUT2D eigenvalue weighted by atomic mass is 10.1. The van der Waals surface area contributed by atoms with Crippen molar-refractivity contribution < 1.29 is 4.39 Å². The number of pyridine rings is 3. The molecule has 5 aromatic heterocycles. The Balaban J connectivity index is 1.41. The topological polar surface area (TPSA) is 111 Å². The van der Waals surface area contributed by atoms with Crippen LogP contribution in [0, 0.1) is 5.82 Å². The first-order valence-electron chi connectivity index (χ1n) is 11.9. The fourth-order valence-electron chi connectivity index (χ4n) is 4.26. The molecule has 6 rings (SSSR count). The van der Waals surface area contributed by atoms with E-state index in [1.165, 1.54) is 12.1 Å². The summed E-state index contributed by atoms with van der Waals surface area (Å²) in [5.41, 5.74) is 6.29. The highest BCUT2D eigenvalue weighted by atomic mass is 19.1. The van der Waals surface area contributed by atoms with Crippen molar-refractivity contribution in [1.82, 2.24) is 40.0 Å². The largest absolute Gasteiger partial charge is 0.384 e. The molecule has 0 saturated carbocycles. The van der Waals surface area contributed by atoms with E-state index in [0.29, 0.717) is 40.5 Å². The third kappa shape index (κ3) is 4.50. The highest BCUT2D eigenvalue weighted by Gasteiger charge is 2.17. The van der Waals surface area contributed by atoms with Crippen LogP contribution in [-0.4, -0.2) is 67.2 Å². The molecule has 5 heterocycles. The van der Waals surface area contributed by atoms with Gasteiger partial charge in [-0.3, -0.25) is 20.1 Å². The zero-order valence-corrected chi connectivity index (χ0v) is 20.3. The SMILES string of the molecule is CN(C)CCNc1cc(F)cc(-c2nccc3[nH]c(-c4n[nH]c5cnc(-c6ccccn6)cc45)nc23)c1. The Morgan fingerprint density at radius 3 is 2.68 bits per heavy atom. The normalized spacial score (nSPS) is 11.6. The molecule has 0 radical (unpaired) electrons. The van der Waals surface area contributed by atoms with Gasteiger partial charge in [-0.1, -0.05) is 6.07 Å². The van der Waals surface area contributed by atoms with E-state index in [-0.39, 0.29) is 5.82 Å². The van der Waals surface area contributed by atoms with Crippen molar-refractivity contribution >= 4 is 27.6 Å². The van der Waals surface area contributed by atoms with E-state index in [4.69, 9.17) is 4.98 Å². The molecule has 9 nitrogen and oxygen atoms in total. The van der Waals surface area contributed by atoms with Crippen LogP contribution in [0.15, 0.2) is 67.1 Å². The average Bonchev–Trinajstić information content (AvgIpc) is 3.52. The minimum atomic E-state index is -0.340. The van der Waals surface area contributed by atoms with Crippen LogP contribution < -0.4 is 5.32 Å². The summed E-state index contributed by atoms with van der Waals surface area (Å²) < 4.78 is 14.5. The zero-order chi connectivity index (χ0) is 25.4. The summed E-state index contributed by atoms with van der Waals surface area (Å²) >= 11 is 0. The van der Waals surface area contributed by atoms with Crippen LogP contribution in [0.2, 0.25) is 0 Å². The van der Waals surface area contributed by atoms with Crippen LogP contribution in [0.1, 0.15) is 0 Å². The van der Waals surface area contributed by atoms with E-state index in [2.05, 4.69) is 40.3 Å². The van der Waals surface area contributed by atoms with Gasteiger partial charge in [-0.15, -0.1) is 0 Å². The number of fused-ring (bicyclic) bond motifs is 2. The number of anilines is 1. The lowest BCUT2D eigenvalue weighted by molar-refractivity contribution is 0.425. The number of aromatic amines is 2. The minimum Gasteiger partial charge on any atom is -0.384 e. The second-order valence-corrected chi connectivity index (χ2v) is 9.00. The Morgan fingerprint density at radius 1 is 0.919 bits per heavy atom. The Kier molecular flexibility index (Phi) is 5.78. The fourth-order valence-corrected chi connectivity index (χ4v) is 4.26. The second kappa shape index (κ2) is 9.40. The minimum absolute atomic E-state index is 0.340. The molecule has 0 unspecified atom stereocenters. The summed E-state index contributed by atoms with van der Waals surface area (Å²) in [4.78, 5) is 23.7. The number of halogens is 1. The lowest BCUT2D eigenvalue weighted by Gasteiger charge is -2.12. The van der Waals surface area contributed by atoms with Gasteiger partial charge in [0.05, 0.1) is 34.3 Å². The quantitative estimate of drug-likeness (QED) is 0.295. The summed E-state index contributed by atoms with van der Waals surface area (Å²) in [5, 5.41) is 11.7. The van der Waals surface area contributed by atoms with E-state index >= 15 is 0 Å². The fraction of sp³-hybridized carbons (Fsp3) is 0.148. The van der Waals surface area contributed by atoms with Gasteiger partial charge in [0.1, 0.15) is 17.0 Å². The van der Waals surface area contributed by atoms with E-state index in [9.17, 15) is 4.39 Å². The number of likely N-dealkylation sites (N-methyl/N-ethyl adjacent to an activating group) is 1. The molecule has 0 amide bonds. The van der Waals surface area contributed by atoms with Gasteiger partial charge >= 0.3 is 0 Å². The summed E-state index contributed by atoms with van der Waals surface area (Å²) in [6, 6.07) is 14.3. The molecule has 10 heteroatoms. The van der Waals surface area contributed by atoms with Gasteiger partial charge in [-0.2, -0.15) is 5.10 Å². The van der Waals surface area contributed by atoms with E-state index in [1.807, 2.05) is 50.5 Å². The van der Waals surface area contributed by atoms with E-state index < -0.39 is 0 Å². The maximum atomic E-state index is 14.5. The molecule has 3 N–H and O–H groups in total. The number of H-pyrrole nitrogens is 2.